The minimum absolute atomic E-state index is 0.0433. The maximum Gasteiger partial charge on any atom is 0.243 e. The van der Waals surface area contributed by atoms with E-state index in [1.165, 1.54) is 22.5 Å². The maximum absolute atomic E-state index is 13.2. The average Bonchev–Trinajstić information content (AvgIpc) is 2.46. The molecule has 22 heavy (non-hydrogen) atoms. The van der Waals surface area contributed by atoms with Crippen LogP contribution in [0.5, 0.6) is 0 Å². The molecule has 3 rings (SSSR count). The monoisotopic (exact) mass is 327 g/mol. The highest BCUT2D eigenvalue weighted by Crippen LogP contribution is 2.25. The SMILES string of the molecule is CCN1CCN(C2CN(S(=O)(=O)c3cccc(F)c3)C2)CC1. The van der Waals surface area contributed by atoms with Crippen molar-refractivity contribution in [1.82, 2.24) is 14.1 Å². The van der Waals surface area contributed by atoms with Crippen molar-refractivity contribution in [2.24, 2.45) is 0 Å². The van der Waals surface area contributed by atoms with E-state index in [9.17, 15) is 12.8 Å². The molecule has 0 aliphatic carbocycles. The van der Waals surface area contributed by atoms with Crippen LogP contribution in [0.4, 0.5) is 4.39 Å². The first-order valence-electron chi connectivity index (χ1n) is 7.73. The first-order valence-corrected chi connectivity index (χ1v) is 9.17. The molecule has 0 N–H and O–H groups in total. The quantitative estimate of drug-likeness (QED) is 0.822. The molecular weight excluding hydrogens is 305 g/mol. The molecule has 2 aliphatic rings. The Morgan fingerprint density at radius 1 is 1.18 bits per heavy atom. The fourth-order valence-electron chi connectivity index (χ4n) is 3.07. The van der Waals surface area contributed by atoms with Crippen LogP contribution in [0.15, 0.2) is 29.2 Å². The van der Waals surface area contributed by atoms with E-state index in [1.807, 2.05) is 0 Å². The zero-order valence-electron chi connectivity index (χ0n) is 12.8. The number of nitrogens with zero attached hydrogens (tertiary/aromatic N) is 3. The van der Waals surface area contributed by atoms with Crippen LogP contribution < -0.4 is 0 Å². The molecule has 2 saturated heterocycles. The van der Waals surface area contributed by atoms with Crippen molar-refractivity contribution in [3.63, 3.8) is 0 Å². The van der Waals surface area contributed by atoms with Gasteiger partial charge in [0.1, 0.15) is 5.82 Å². The molecule has 0 saturated carbocycles. The van der Waals surface area contributed by atoms with E-state index in [0.29, 0.717) is 19.1 Å². The highest BCUT2D eigenvalue weighted by atomic mass is 32.2. The van der Waals surface area contributed by atoms with Gasteiger partial charge in [-0.2, -0.15) is 4.31 Å². The fourth-order valence-corrected chi connectivity index (χ4v) is 4.61. The molecule has 1 aromatic carbocycles. The van der Waals surface area contributed by atoms with E-state index in [4.69, 9.17) is 0 Å². The summed E-state index contributed by atoms with van der Waals surface area (Å²) in [6.07, 6.45) is 0. The van der Waals surface area contributed by atoms with E-state index in [0.717, 1.165) is 38.8 Å². The molecule has 0 radical (unpaired) electrons. The van der Waals surface area contributed by atoms with E-state index in [1.54, 1.807) is 0 Å². The van der Waals surface area contributed by atoms with E-state index in [2.05, 4.69) is 16.7 Å². The van der Waals surface area contributed by atoms with Gasteiger partial charge in [-0.3, -0.25) is 4.90 Å². The van der Waals surface area contributed by atoms with Crippen LogP contribution in [-0.4, -0.2) is 74.4 Å². The molecule has 1 aromatic rings. The van der Waals surface area contributed by atoms with Gasteiger partial charge in [-0.1, -0.05) is 13.0 Å². The minimum Gasteiger partial charge on any atom is -0.301 e. The molecule has 2 fully saturated rings. The summed E-state index contributed by atoms with van der Waals surface area (Å²) in [6.45, 7) is 8.31. The number of halogens is 1. The van der Waals surface area contributed by atoms with Crippen LogP contribution in [0.1, 0.15) is 6.92 Å². The Kier molecular flexibility index (Phi) is 4.49. The third-order valence-corrected chi connectivity index (χ3v) is 6.46. The molecule has 0 bridgehead atoms. The van der Waals surface area contributed by atoms with Gasteiger partial charge in [0.15, 0.2) is 0 Å². The first kappa shape index (κ1) is 15.9. The Hall–Kier alpha value is -1.02. The van der Waals surface area contributed by atoms with Gasteiger partial charge in [0.2, 0.25) is 10.0 Å². The fraction of sp³-hybridized carbons (Fsp3) is 0.600. The summed E-state index contributed by atoms with van der Waals surface area (Å²) in [4.78, 5) is 4.81. The number of likely N-dealkylation sites (N-methyl/N-ethyl adjacent to an activating group) is 1. The molecule has 2 aliphatic heterocycles. The maximum atomic E-state index is 13.2. The highest BCUT2D eigenvalue weighted by Gasteiger charge is 2.40. The molecule has 122 valence electrons. The van der Waals surface area contributed by atoms with Crippen molar-refractivity contribution >= 4 is 10.0 Å². The highest BCUT2D eigenvalue weighted by molar-refractivity contribution is 7.89. The van der Waals surface area contributed by atoms with Crippen molar-refractivity contribution in [3.05, 3.63) is 30.1 Å². The zero-order valence-corrected chi connectivity index (χ0v) is 13.6. The topological polar surface area (TPSA) is 43.9 Å². The van der Waals surface area contributed by atoms with E-state index < -0.39 is 15.8 Å². The Labute approximate surface area is 131 Å². The van der Waals surface area contributed by atoms with Gasteiger partial charge < -0.3 is 4.90 Å². The molecule has 7 heteroatoms. The van der Waals surface area contributed by atoms with E-state index >= 15 is 0 Å². The van der Waals surface area contributed by atoms with Crippen LogP contribution in [0, 0.1) is 5.82 Å². The standard InChI is InChI=1S/C15H22FN3O2S/c1-2-17-6-8-18(9-7-17)14-11-19(12-14)22(20,21)15-5-3-4-13(16)10-15/h3-5,10,14H,2,6-9,11-12H2,1H3. The van der Waals surface area contributed by atoms with Crippen LogP contribution in [0.2, 0.25) is 0 Å². The zero-order chi connectivity index (χ0) is 15.7. The second-order valence-corrected chi connectivity index (χ2v) is 7.84. The van der Waals surface area contributed by atoms with Gasteiger partial charge in [-0.05, 0) is 24.7 Å². The first-order chi connectivity index (χ1) is 10.5. The summed E-state index contributed by atoms with van der Waals surface area (Å²) in [5, 5.41) is 0. The molecule has 2 heterocycles. The predicted molar refractivity (Wildman–Crippen MR) is 82.6 cm³/mol. The number of hydrogen-bond acceptors (Lipinski definition) is 4. The van der Waals surface area contributed by atoms with Crippen molar-refractivity contribution in [1.29, 1.82) is 0 Å². The Bertz CT molecular complexity index is 623. The second-order valence-electron chi connectivity index (χ2n) is 5.90. The minimum atomic E-state index is -3.56. The second kappa shape index (κ2) is 6.23. The van der Waals surface area contributed by atoms with Crippen molar-refractivity contribution < 1.29 is 12.8 Å². The van der Waals surface area contributed by atoms with Crippen molar-refractivity contribution in [2.75, 3.05) is 45.8 Å². The third-order valence-electron chi connectivity index (χ3n) is 4.63. The smallest absolute Gasteiger partial charge is 0.243 e. The number of hydrogen-bond donors (Lipinski definition) is 0. The molecule has 0 amide bonds. The van der Waals surface area contributed by atoms with Crippen LogP contribution in [-0.2, 0) is 10.0 Å². The van der Waals surface area contributed by atoms with Crippen LogP contribution >= 0.6 is 0 Å². The summed E-state index contributed by atoms with van der Waals surface area (Å²) >= 11 is 0. The van der Waals surface area contributed by atoms with Gasteiger partial charge in [0.25, 0.3) is 0 Å². The molecule has 0 aromatic heterocycles. The van der Waals surface area contributed by atoms with Gasteiger partial charge in [0, 0.05) is 45.3 Å². The normalized spacial score (nSPS) is 22.6. The van der Waals surface area contributed by atoms with Gasteiger partial charge in [0.05, 0.1) is 4.90 Å². The lowest BCUT2D eigenvalue weighted by Gasteiger charge is -2.47. The lowest BCUT2D eigenvalue weighted by atomic mass is 10.1. The summed E-state index contributed by atoms with van der Waals surface area (Å²) < 4.78 is 39.5. The number of benzene rings is 1. The molecule has 5 nitrogen and oxygen atoms in total. The van der Waals surface area contributed by atoms with E-state index in [-0.39, 0.29) is 4.90 Å². The third kappa shape index (κ3) is 3.03. The van der Waals surface area contributed by atoms with Crippen LogP contribution in [0.3, 0.4) is 0 Å². The Morgan fingerprint density at radius 3 is 2.45 bits per heavy atom. The summed E-state index contributed by atoms with van der Waals surface area (Å²) in [5.41, 5.74) is 0. The predicted octanol–water partition coefficient (Wildman–Crippen LogP) is 0.836. The van der Waals surface area contributed by atoms with Gasteiger partial charge in [-0.15, -0.1) is 0 Å². The summed E-state index contributed by atoms with van der Waals surface area (Å²) in [5.74, 6) is -0.520. The molecule has 0 unspecified atom stereocenters. The number of sulfonamides is 1. The summed E-state index contributed by atoms with van der Waals surface area (Å²) in [6, 6.07) is 5.52. The average molecular weight is 327 g/mol. The van der Waals surface area contributed by atoms with Crippen molar-refractivity contribution in [2.45, 2.75) is 17.9 Å². The Morgan fingerprint density at radius 2 is 1.86 bits per heavy atom. The summed E-state index contributed by atoms with van der Waals surface area (Å²) in [7, 11) is -3.56. The largest absolute Gasteiger partial charge is 0.301 e. The van der Waals surface area contributed by atoms with Gasteiger partial charge in [-0.25, -0.2) is 12.8 Å². The lowest BCUT2D eigenvalue weighted by molar-refractivity contribution is 0.0425. The molecule has 0 atom stereocenters. The molecule has 0 spiro atoms. The van der Waals surface area contributed by atoms with Crippen LogP contribution in [0.25, 0.3) is 0 Å². The number of piperazine rings is 1. The number of rotatable bonds is 4. The van der Waals surface area contributed by atoms with Crippen molar-refractivity contribution in [3.8, 4) is 0 Å². The Balaban J connectivity index is 1.59. The van der Waals surface area contributed by atoms with Gasteiger partial charge >= 0.3 is 0 Å². The lowest BCUT2D eigenvalue weighted by Crippen LogP contribution is -2.64. The molecular formula is C15H22FN3O2S.